The number of nitrogens with one attached hydrogen (secondary N) is 2. The fourth-order valence-electron chi connectivity index (χ4n) is 2.20. The van der Waals surface area contributed by atoms with Crippen molar-refractivity contribution in [2.45, 2.75) is 32.3 Å². The van der Waals surface area contributed by atoms with Crippen LogP contribution in [0.3, 0.4) is 0 Å². The predicted octanol–water partition coefficient (Wildman–Crippen LogP) is 0.461. The molecule has 1 heterocycles. The van der Waals surface area contributed by atoms with Crippen LogP contribution in [0.5, 0.6) is 0 Å². The number of ether oxygens (including phenoxy) is 2. The van der Waals surface area contributed by atoms with Gasteiger partial charge in [0.05, 0.1) is 5.60 Å². The molecule has 0 aromatic carbocycles. The van der Waals surface area contributed by atoms with Gasteiger partial charge in [-0.05, 0) is 5.92 Å². The first-order chi connectivity index (χ1) is 10.9. The molecular weight excluding hydrogens is 296 g/mol. The van der Waals surface area contributed by atoms with E-state index in [0.717, 1.165) is 19.4 Å². The van der Waals surface area contributed by atoms with Crippen molar-refractivity contribution in [3.05, 3.63) is 0 Å². The second-order valence-corrected chi connectivity index (χ2v) is 6.58. The summed E-state index contributed by atoms with van der Waals surface area (Å²) in [7, 11) is 5.20. The summed E-state index contributed by atoms with van der Waals surface area (Å²) in [6.45, 7) is 7.25. The number of hydrogen-bond donors (Lipinski definition) is 2. The molecule has 1 saturated heterocycles. The summed E-state index contributed by atoms with van der Waals surface area (Å²) in [5.74, 6) is 1.12. The van der Waals surface area contributed by atoms with E-state index in [0.29, 0.717) is 31.6 Å². The lowest BCUT2D eigenvalue weighted by Gasteiger charge is -2.36. The molecule has 2 N–H and O–H groups in total. The van der Waals surface area contributed by atoms with Gasteiger partial charge in [-0.25, -0.2) is 4.99 Å². The van der Waals surface area contributed by atoms with Gasteiger partial charge in [0.15, 0.2) is 5.96 Å². The van der Waals surface area contributed by atoms with E-state index in [2.05, 4.69) is 29.5 Å². The number of carbonyl (C=O) groups is 1. The molecule has 0 radical (unpaired) electrons. The summed E-state index contributed by atoms with van der Waals surface area (Å²) in [6.07, 6.45) is 1.70. The zero-order valence-corrected chi connectivity index (χ0v) is 15.1. The van der Waals surface area contributed by atoms with E-state index >= 15 is 0 Å². The van der Waals surface area contributed by atoms with Crippen LogP contribution >= 0.6 is 0 Å². The van der Waals surface area contributed by atoms with Crippen LogP contribution < -0.4 is 10.6 Å². The van der Waals surface area contributed by atoms with Gasteiger partial charge in [0.2, 0.25) is 5.91 Å². The lowest BCUT2D eigenvalue weighted by atomic mass is 9.94. The summed E-state index contributed by atoms with van der Waals surface area (Å²) >= 11 is 0. The first-order valence-corrected chi connectivity index (χ1v) is 8.24. The third-order valence-corrected chi connectivity index (χ3v) is 3.96. The van der Waals surface area contributed by atoms with Crippen molar-refractivity contribution < 1.29 is 14.3 Å². The van der Waals surface area contributed by atoms with Crippen molar-refractivity contribution in [1.29, 1.82) is 0 Å². The van der Waals surface area contributed by atoms with Crippen LogP contribution in [0.2, 0.25) is 0 Å². The summed E-state index contributed by atoms with van der Waals surface area (Å²) in [4.78, 5) is 17.7. The number of likely N-dealkylation sites (N-methyl/N-ethyl adjacent to an activating group) is 1. The Kier molecular flexibility index (Phi) is 8.33. The van der Waals surface area contributed by atoms with Crippen LogP contribution in [0.4, 0.5) is 0 Å². The third-order valence-electron chi connectivity index (χ3n) is 3.96. The zero-order valence-electron chi connectivity index (χ0n) is 15.1. The maximum atomic E-state index is 11.7. The largest absolute Gasteiger partial charge is 0.381 e. The predicted molar refractivity (Wildman–Crippen MR) is 91.6 cm³/mol. The van der Waals surface area contributed by atoms with Crippen molar-refractivity contribution in [1.82, 2.24) is 15.5 Å². The molecule has 0 unspecified atom stereocenters. The SMILES string of the molecule is COC1(CNC(=NCC(=O)N(C)C)NCC(C)C)CCOCC1. The van der Waals surface area contributed by atoms with E-state index in [9.17, 15) is 4.79 Å². The van der Waals surface area contributed by atoms with E-state index in [4.69, 9.17) is 9.47 Å². The molecule has 23 heavy (non-hydrogen) atoms. The molecule has 0 spiro atoms. The van der Waals surface area contributed by atoms with E-state index in [1.807, 2.05) is 0 Å². The van der Waals surface area contributed by atoms with Crippen molar-refractivity contribution in [3.63, 3.8) is 0 Å². The number of amides is 1. The molecule has 134 valence electrons. The highest BCUT2D eigenvalue weighted by atomic mass is 16.5. The second-order valence-electron chi connectivity index (χ2n) is 6.58. The molecule has 0 atom stereocenters. The van der Waals surface area contributed by atoms with Gasteiger partial charge in [-0.15, -0.1) is 0 Å². The highest BCUT2D eigenvalue weighted by Crippen LogP contribution is 2.23. The minimum Gasteiger partial charge on any atom is -0.381 e. The maximum absolute atomic E-state index is 11.7. The van der Waals surface area contributed by atoms with Crippen molar-refractivity contribution >= 4 is 11.9 Å². The highest BCUT2D eigenvalue weighted by molar-refractivity contribution is 5.84. The van der Waals surface area contributed by atoms with Crippen LogP contribution in [-0.4, -0.2) is 76.4 Å². The summed E-state index contributed by atoms with van der Waals surface area (Å²) in [6, 6.07) is 0. The normalized spacial score (nSPS) is 17.9. The van der Waals surface area contributed by atoms with Crippen LogP contribution in [0.25, 0.3) is 0 Å². The van der Waals surface area contributed by atoms with Crippen LogP contribution in [0.1, 0.15) is 26.7 Å². The smallest absolute Gasteiger partial charge is 0.243 e. The van der Waals surface area contributed by atoms with E-state index in [1.54, 1.807) is 26.1 Å². The fraction of sp³-hybridized carbons (Fsp3) is 0.875. The molecule has 1 rings (SSSR count). The number of methoxy groups -OCH3 is 1. The van der Waals surface area contributed by atoms with Gasteiger partial charge in [0.1, 0.15) is 6.54 Å². The topological polar surface area (TPSA) is 75.2 Å². The quantitative estimate of drug-likeness (QED) is 0.525. The second kappa shape index (κ2) is 9.72. The molecule has 0 aromatic rings. The standard InChI is InChI=1S/C16H32N4O3/c1-13(2)10-17-15(18-11-14(21)20(3)4)19-12-16(22-5)6-8-23-9-7-16/h13H,6-12H2,1-5H3,(H2,17,18,19). The molecule has 1 amide bonds. The molecule has 0 bridgehead atoms. The van der Waals surface area contributed by atoms with Crippen LogP contribution in [0.15, 0.2) is 4.99 Å². The van der Waals surface area contributed by atoms with Crippen LogP contribution in [0, 0.1) is 5.92 Å². The average molecular weight is 328 g/mol. The first-order valence-electron chi connectivity index (χ1n) is 8.24. The van der Waals surface area contributed by atoms with Crippen molar-refractivity contribution in [3.8, 4) is 0 Å². The Labute approximate surface area is 139 Å². The van der Waals surface area contributed by atoms with E-state index < -0.39 is 0 Å². The molecule has 1 fully saturated rings. The fourth-order valence-corrected chi connectivity index (χ4v) is 2.20. The van der Waals surface area contributed by atoms with Gasteiger partial charge in [-0.3, -0.25) is 4.79 Å². The minimum atomic E-state index is -0.232. The molecule has 0 saturated carbocycles. The van der Waals surface area contributed by atoms with E-state index in [-0.39, 0.29) is 18.1 Å². The number of guanidine groups is 1. The highest BCUT2D eigenvalue weighted by Gasteiger charge is 2.32. The lowest BCUT2D eigenvalue weighted by molar-refractivity contribution is -0.127. The number of rotatable bonds is 7. The molecular formula is C16H32N4O3. The molecule has 7 heteroatoms. The number of nitrogens with zero attached hydrogens (tertiary/aromatic N) is 2. The summed E-state index contributed by atoms with van der Waals surface area (Å²) in [5, 5.41) is 6.59. The Balaban J connectivity index is 2.63. The van der Waals surface area contributed by atoms with Gasteiger partial charge in [-0.2, -0.15) is 0 Å². The van der Waals surface area contributed by atoms with Gasteiger partial charge in [0.25, 0.3) is 0 Å². The Morgan fingerprint density at radius 3 is 2.48 bits per heavy atom. The Morgan fingerprint density at radius 2 is 1.96 bits per heavy atom. The minimum absolute atomic E-state index is 0.0248. The molecule has 1 aliphatic rings. The zero-order chi connectivity index (χ0) is 17.3. The van der Waals surface area contributed by atoms with Gasteiger partial charge in [-0.1, -0.05) is 13.8 Å². The lowest BCUT2D eigenvalue weighted by Crippen LogP contribution is -2.51. The Morgan fingerprint density at radius 1 is 1.30 bits per heavy atom. The summed E-state index contributed by atoms with van der Waals surface area (Å²) < 4.78 is 11.1. The van der Waals surface area contributed by atoms with Gasteiger partial charge in [0, 0.05) is 60.4 Å². The average Bonchev–Trinajstić information content (AvgIpc) is 2.54. The monoisotopic (exact) mass is 328 g/mol. The van der Waals surface area contributed by atoms with Crippen molar-refractivity contribution in [2.75, 3.05) is 54.1 Å². The number of carbonyl (C=O) groups excluding carboxylic acids is 1. The van der Waals surface area contributed by atoms with Crippen LogP contribution in [-0.2, 0) is 14.3 Å². The Hall–Kier alpha value is -1.34. The van der Waals surface area contributed by atoms with Gasteiger partial charge < -0.3 is 25.0 Å². The molecule has 0 aliphatic carbocycles. The van der Waals surface area contributed by atoms with Crippen molar-refractivity contribution in [2.24, 2.45) is 10.9 Å². The Bertz CT molecular complexity index is 391. The number of aliphatic imine (C=N–C) groups is 1. The molecule has 7 nitrogen and oxygen atoms in total. The van der Waals surface area contributed by atoms with Gasteiger partial charge >= 0.3 is 0 Å². The van der Waals surface area contributed by atoms with E-state index in [1.165, 1.54) is 0 Å². The third kappa shape index (κ3) is 7.18. The molecule has 1 aliphatic heterocycles. The summed E-state index contributed by atoms with van der Waals surface area (Å²) in [5.41, 5.74) is -0.232. The first kappa shape index (κ1) is 19.7. The maximum Gasteiger partial charge on any atom is 0.243 e. The molecule has 0 aromatic heterocycles. The number of hydrogen-bond acceptors (Lipinski definition) is 4.